The molecule has 0 amide bonds. The van der Waals surface area contributed by atoms with Crippen LogP contribution in [0.2, 0.25) is 0 Å². The highest BCUT2D eigenvalue weighted by Gasteiger charge is 2.42. The first-order chi connectivity index (χ1) is 8.79. The maximum Gasteiger partial charge on any atom is 0.0621 e. The Morgan fingerprint density at radius 2 is 1.83 bits per heavy atom. The van der Waals surface area contributed by atoms with Gasteiger partial charge in [0.25, 0.3) is 0 Å². The average Bonchev–Trinajstić information content (AvgIpc) is 3.02. The van der Waals surface area contributed by atoms with Gasteiger partial charge in [0, 0.05) is 30.6 Å². The Bertz CT molecular complexity index is 308. The standard InChI is InChI=1S/C15H26N2O/c1-17-12-2-3-13(17)8-11(7-12)16-9-10-6-14-4-5-15(10)18-14/h10-16H,2-9H2,1H3. The van der Waals surface area contributed by atoms with Crippen LogP contribution in [0.15, 0.2) is 0 Å². The van der Waals surface area contributed by atoms with Crippen LogP contribution in [0.4, 0.5) is 0 Å². The van der Waals surface area contributed by atoms with Gasteiger partial charge in [0.1, 0.15) is 0 Å². The number of hydrogen-bond donors (Lipinski definition) is 1. The molecule has 0 saturated carbocycles. The molecule has 0 aromatic heterocycles. The van der Waals surface area contributed by atoms with Crippen molar-refractivity contribution >= 4 is 0 Å². The van der Waals surface area contributed by atoms with Crippen molar-refractivity contribution in [3.63, 3.8) is 0 Å². The molecule has 4 aliphatic rings. The molecular weight excluding hydrogens is 224 g/mol. The summed E-state index contributed by atoms with van der Waals surface area (Å²) in [5.41, 5.74) is 0. The van der Waals surface area contributed by atoms with Gasteiger partial charge in [-0.2, -0.15) is 0 Å². The minimum absolute atomic E-state index is 0.588. The molecule has 4 fully saturated rings. The lowest BCUT2D eigenvalue weighted by Crippen LogP contribution is -2.48. The fraction of sp³-hybridized carbons (Fsp3) is 1.00. The van der Waals surface area contributed by atoms with Crippen LogP contribution in [0, 0.1) is 5.92 Å². The summed E-state index contributed by atoms with van der Waals surface area (Å²) in [5.74, 6) is 0.807. The van der Waals surface area contributed by atoms with E-state index in [4.69, 9.17) is 4.74 Å². The molecule has 3 nitrogen and oxygen atoms in total. The van der Waals surface area contributed by atoms with E-state index < -0.39 is 0 Å². The molecule has 4 rings (SSSR count). The van der Waals surface area contributed by atoms with E-state index in [0.717, 1.165) is 24.0 Å². The van der Waals surface area contributed by atoms with Crippen LogP contribution in [0.1, 0.15) is 44.9 Å². The molecule has 0 aliphatic carbocycles. The summed E-state index contributed by atoms with van der Waals surface area (Å²) in [4.78, 5) is 2.62. The lowest BCUT2D eigenvalue weighted by atomic mass is 9.88. The van der Waals surface area contributed by atoms with Crippen molar-refractivity contribution in [3.05, 3.63) is 0 Å². The van der Waals surface area contributed by atoms with Crippen molar-refractivity contribution in [3.8, 4) is 0 Å². The second-order valence-corrected chi connectivity index (χ2v) is 7.00. The van der Waals surface area contributed by atoms with E-state index in [0.29, 0.717) is 12.2 Å². The zero-order valence-electron chi connectivity index (χ0n) is 11.5. The molecule has 5 atom stereocenters. The molecule has 18 heavy (non-hydrogen) atoms. The van der Waals surface area contributed by atoms with Gasteiger partial charge >= 0.3 is 0 Å². The van der Waals surface area contributed by atoms with Crippen molar-refractivity contribution in [1.29, 1.82) is 0 Å². The maximum atomic E-state index is 5.95. The van der Waals surface area contributed by atoms with E-state index in [9.17, 15) is 0 Å². The second-order valence-electron chi connectivity index (χ2n) is 7.00. The van der Waals surface area contributed by atoms with Gasteiger partial charge in [-0.3, -0.25) is 0 Å². The first-order valence-corrected chi connectivity index (χ1v) is 7.90. The summed E-state index contributed by atoms with van der Waals surface area (Å²) in [6, 6.07) is 2.49. The molecule has 4 heterocycles. The third kappa shape index (κ3) is 1.91. The molecule has 0 aromatic carbocycles. The Labute approximate surface area is 110 Å². The van der Waals surface area contributed by atoms with Gasteiger partial charge in [-0.15, -0.1) is 0 Å². The van der Waals surface area contributed by atoms with Gasteiger partial charge in [-0.05, 0) is 52.0 Å². The Hall–Kier alpha value is -0.120. The summed E-state index contributed by atoms with van der Waals surface area (Å²) < 4.78 is 5.95. The molecule has 4 bridgehead atoms. The largest absolute Gasteiger partial charge is 0.375 e. The van der Waals surface area contributed by atoms with Gasteiger partial charge in [0.05, 0.1) is 12.2 Å². The number of ether oxygens (including phenoxy) is 1. The van der Waals surface area contributed by atoms with Crippen molar-refractivity contribution in [2.75, 3.05) is 13.6 Å². The highest BCUT2D eigenvalue weighted by Crippen LogP contribution is 2.39. The van der Waals surface area contributed by atoms with Gasteiger partial charge in [0.2, 0.25) is 0 Å². The molecule has 0 spiro atoms. The smallest absolute Gasteiger partial charge is 0.0621 e. The van der Waals surface area contributed by atoms with Crippen molar-refractivity contribution < 1.29 is 4.74 Å². The number of nitrogens with zero attached hydrogens (tertiary/aromatic N) is 1. The van der Waals surface area contributed by atoms with Crippen molar-refractivity contribution in [1.82, 2.24) is 10.2 Å². The fourth-order valence-corrected chi connectivity index (χ4v) is 4.85. The molecule has 0 radical (unpaired) electrons. The van der Waals surface area contributed by atoms with Crippen LogP contribution < -0.4 is 5.32 Å². The predicted molar refractivity (Wildman–Crippen MR) is 71.6 cm³/mol. The normalized spacial score (nSPS) is 51.2. The fourth-order valence-electron chi connectivity index (χ4n) is 4.85. The molecular formula is C15H26N2O. The average molecular weight is 250 g/mol. The van der Waals surface area contributed by atoms with Crippen LogP contribution in [0.25, 0.3) is 0 Å². The summed E-state index contributed by atoms with van der Waals surface area (Å²) in [6.45, 7) is 1.20. The van der Waals surface area contributed by atoms with Crippen molar-refractivity contribution in [2.24, 2.45) is 5.92 Å². The quantitative estimate of drug-likeness (QED) is 0.826. The van der Waals surface area contributed by atoms with Gasteiger partial charge in [-0.1, -0.05) is 0 Å². The van der Waals surface area contributed by atoms with Crippen LogP contribution >= 0.6 is 0 Å². The summed E-state index contributed by atoms with van der Waals surface area (Å²) in [5, 5.41) is 3.86. The van der Waals surface area contributed by atoms with Crippen LogP contribution in [0.3, 0.4) is 0 Å². The molecule has 5 unspecified atom stereocenters. The number of piperidine rings is 1. The summed E-state index contributed by atoms with van der Waals surface area (Å²) >= 11 is 0. The van der Waals surface area contributed by atoms with E-state index >= 15 is 0 Å². The van der Waals surface area contributed by atoms with Gasteiger partial charge < -0.3 is 15.0 Å². The van der Waals surface area contributed by atoms with Crippen LogP contribution in [0.5, 0.6) is 0 Å². The SMILES string of the molecule is CN1C2CCC1CC(NCC1CC3CCC1O3)C2. The minimum Gasteiger partial charge on any atom is -0.375 e. The second kappa shape index (κ2) is 4.46. The Morgan fingerprint density at radius 1 is 1.06 bits per heavy atom. The van der Waals surface area contributed by atoms with Gasteiger partial charge in [0.15, 0.2) is 0 Å². The highest BCUT2D eigenvalue weighted by atomic mass is 16.5. The topological polar surface area (TPSA) is 24.5 Å². The predicted octanol–water partition coefficient (Wildman–Crippen LogP) is 1.77. The summed E-state index contributed by atoms with van der Waals surface area (Å²) in [7, 11) is 2.32. The van der Waals surface area contributed by atoms with Crippen molar-refractivity contribution in [2.45, 2.75) is 75.3 Å². The minimum atomic E-state index is 0.588. The summed E-state index contributed by atoms with van der Waals surface area (Å²) in [6.07, 6.45) is 10.7. The van der Waals surface area contributed by atoms with E-state index in [1.54, 1.807) is 0 Å². The number of rotatable bonds is 3. The molecule has 1 N–H and O–H groups in total. The number of nitrogens with one attached hydrogen (secondary N) is 1. The molecule has 3 heteroatoms. The Kier molecular flexibility index (Phi) is 2.90. The van der Waals surface area contributed by atoms with E-state index in [-0.39, 0.29) is 0 Å². The number of fused-ring (bicyclic) bond motifs is 4. The molecule has 4 aliphatic heterocycles. The van der Waals surface area contributed by atoms with Crippen LogP contribution in [-0.2, 0) is 4.74 Å². The highest BCUT2D eigenvalue weighted by molar-refractivity contribution is 4.97. The number of hydrogen-bond acceptors (Lipinski definition) is 3. The van der Waals surface area contributed by atoms with Gasteiger partial charge in [-0.25, -0.2) is 0 Å². The Morgan fingerprint density at radius 3 is 2.44 bits per heavy atom. The lowest BCUT2D eigenvalue weighted by molar-refractivity contribution is 0.0901. The van der Waals surface area contributed by atoms with E-state index in [2.05, 4.69) is 17.3 Å². The third-order valence-electron chi connectivity index (χ3n) is 6.00. The molecule has 0 aromatic rings. The Balaban J connectivity index is 1.29. The van der Waals surface area contributed by atoms with E-state index in [1.165, 1.54) is 51.5 Å². The first-order valence-electron chi connectivity index (χ1n) is 7.90. The maximum absolute atomic E-state index is 5.95. The van der Waals surface area contributed by atoms with E-state index in [1.807, 2.05) is 0 Å². The lowest BCUT2D eigenvalue weighted by Gasteiger charge is -2.37. The third-order valence-corrected chi connectivity index (χ3v) is 6.00. The van der Waals surface area contributed by atoms with Crippen LogP contribution in [-0.4, -0.2) is 48.8 Å². The zero-order chi connectivity index (χ0) is 12.1. The zero-order valence-corrected chi connectivity index (χ0v) is 11.5. The monoisotopic (exact) mass is 250 g/mol. The molecule has 4 saturated heterocycles. The molecule has 102 valence electrons. The first kappa shape index (κ1) is 11.7.